The molecule has 0 saturated carbocycles. The molecular weight excluding hydrogens is 227 g/mol. The van der Waals surface area contributed by atoms with Crippen molar-refractivity contribution in [3.05, 3.63) is 35.4 Å². The molecule has 1 aliphatic rings. The second kappa shape index (κ2) is 6.96. The second-order valence-corrected chi connectivity index (χ2v) is 4.21. The Morgan fingerprint density at radius 3 is 2.72 bits per heavy atom. The molecule has 0 radical (unpaired) electrons. The molecule has 1 aliphatic heterocycles. The van der Waals surface area contributed by atoms with Gasteiger partial charge < -0.3 is 19.7 Å². The first kappa shape index (κ1) is 15.3. The van der Waals surface area contributed by atoms with E-state index in [9.17, 15) is 15.0 Å². The molecule has 0 aromatic heterocycles. The topological polar surface area (TPSA) is 69.6 Å². The van der Waals surface area contributed by atoms with Crippen molar-refractivity contribution < 1.29 is 38.6 Å². The summed E-state index contributed by atoms with van der Waals surface area (Å²) in [5.41, 5.74) is 1.13. The van der Waals surface area contributed by atoms with Gasteiger partial charge in [-0.2, -0.15) is 0 Å². The van der Waals surface area contributed by atoms with E-state index >= 15 is 0 Å². The molecule has 1 heterocycles. The number of ether oxygens (including phenoxy) is 1. The van der Waals surface area contributed by atoms with Gasteiger partial charge in [-0.3, -0.25) is 0 Å². The third-order valence-electron chi connectivity index (χ3n) is 3.04. The quantitative estimate of drug-likeness (QED) is 0.606. The van der Waals surface area contributed by atoms with Crippen molar-refractivity contribution in [3.8, 4) is 0 Å². The summed E-state index contributed by atoms with van der Waals surface area (Å²) in [6.07, 6.45) is 1.24. The van der Waals surface area contributed by atoms with Crippen molar-refractivity contribution in [2.24, 2.45) is 0 Å². The number of carbonyl (C=O) groups is 1. The summed E-state index contributed by atoms with van der Waals surface area (Å²) in [6, 6.07) is 6.93. The summed E-state index contributed by atoms with van der Waals surface area (Å²) in [7, 11) is 0. The minimum atomic E-state index is -1.59. The number of carboxylic acids is 1. The molecule has 1 saturated heterocycles. The van der Waals surface area contributed by atoms with Crippen LogP contribution in [0.5, 0.6) is 0 Å². The summed E-state index contributed by atoms with van der Waals surface area (Å²) >= 11 is 0. The molecule has 2 unspecified atom stereocenters. The van der Waals surface area contributed by atoms with Crippen LogP contribution in [-0.2, 0) is 9.53 Å². The van der Waals surface area contributed by atoms with Crippen LogP contribution in [0.4, 0.5) is 0 Å². The monoisotopic (exact) mass is 242 g/mol. The number of carboxylic acid groups (broad SMARTS) is 1. The van der Waals surface area contributed by atoms with E-state index in [1.165, 1.54) is 0 Å². The van der Waals surface area contributed by atoms with Gasteiger partial charge in [-0.1, -0.05) is 24.3 Å². The zero-order valence-corrected chi connectivity index (χ0v) is 10.5. The maximum Gasteiger partial charge on any atom is 1.00 e. The summed E-state index contributed by atoms with van der Waals surface area (Å²) in [5, 5.41) is 20.3. The Hall–Kier alpha value is -0.793. The van der Waals surface area contributed by atoms with E-state index in [2.05, 4.69) is 0 Å². The van der Waals surface area contributed by atoms with Crippen LogP contribution in [0.15, 0.2) is 24.3 Å². The number of hydrogen-bond acceptors (Lipinski definition) is 4. The van der Waals surface area contributed by atoms with Gasteiger partial charge in [-0.15, -0.1) is 0 Å². The van der Waals surface area contributed by atoms with Gasteiger partial charge in [-0.05, 0) is 30.4 Å². The van der Waals surface area contributed by atoms with Gasteiger partial charge in [0.05, 0.1) is 12.1 Å². The van der Waals surface area contributed by atoms with Crippen LogP contribution >= 0.6 is 0 Å². The Morgan fingerprint density at radius 1 is 1.39 bits per heavy atom. The van der Waals surface area contributed by atoms with Gasteiger partial charge in [0, 0.05) is 6.61 Å². The number of hydrogen-bond donors (Lipinski definition) is 1. The van der Waals surface area contributed by atoms with Crippen LogP contribution in [0.3, 0.4) is 0 Å². The van der Waals surface area contributed by atoms with E-state index in [0.29, 0.717) is 12.2 Å². The predicted octanol–water partition coefficient (Wildman–Crippen LogP) is -2.28. The standard InChI is InChI=1S/C13H16O4.Li/c14-12(13(15)16)10-6-2-1-5-9(10)11-7-3-4-8-17-11;/h1-2,5-6,11-12,14H,3-4,7-8H2,(H,15,16);/q;+1/p-1. The summed E-state index contributed by atoms with van der Waals surface area (Å²) < 4.78 is 5.61. The third-order valence-corrected chi connectivity index (χ3v) is 3.04. The van der Waals surface area contributed by atoms with E-state index in [0.717, 1.165) is 24.8 Å². The van der Waals surface area contributed by atoms with Crippen molar-refractivity contribution in [2.75, 3.05) is 6.61 Å². The molecule has 5 heteroatoms. The first-order valence-electron chi connectivity index (χ1n) is 5.79. The minimum absolute atomic E-state index is 0. The zero-order valence-electron chi connectivity index (χ0n) is 10.5. The van der Waals surface area contributed by atoms with Crippen LogP contribution < -0.4 is 24.0 Å². The normalized spacial score (nSPS) is 20.8. The Morgan fingerprint density at radius 2 is 2.11 bits per heavy atom. The summed E-state index contributed by atoms with van der Waals surface area (Å²) in [5.74, 6) is -1.48. The Labute approximate surface area is 118 Å². The number of aliphatic carboxylic acids is 1. The summed E-state index contributed by atoms with van der Waals surface area (Å²) in [4.78, 5) is 10.7. The Balaban J connectivity index is 0.00000162. The molecule has 18 heavy (non-hydrogen) atoms. The molecule has 2 atom stereocenters. The van der Waals surface area contributed by atoms with Crippen LogP contribution in [0, 0.1) is 0 Å². The van der Waals surface area contributed by atoms with Crippen LogP contribution in [-0.4, -0.2) is 17.7 Å². The molecule has 1 aromatic carbocycles. The van der Waals surface area contributed by atoms with Gasteiger partial charge in [0.2, 0.25) is 0 Å². The van der Waals surface area contributed by atoms with E-state index in [1.807, 2.05) is 6.07 Å². The van der Waals surface area contributed by atoms with E-state index in [1.54, 1.807) is 18.2 Å². The first-order chi connectivity index (χ1) is 8.20. The van der Waals surface area contributed by atoms with Crippen LogP contribution in [0.1, 0.15) is 42.6 Å². The third kappa shape index (κ3) is 3.36. The van der Waals surface area contributed by atoms with Crippen molar-refractivity contribution in [1.29, 1.82) is 0 Å². The predicted molar refractivity (Wildman–Crippen MR) is 59.0 cm³/mol. The molecule has 0 aliphatic carbocycles. The van der Waals surface area contributed by atoms with Gasteiger partial charge >= 0.3 is 18.9 Å². The second-order valence-electron chi connectivity index (χ2n) is 4.21. The molecule has 1 fully saturated rings. The average molecular weight is 242 g/mol. The van der Waals surface area contributed by atoms with Crippen molar-refractivity contribution in [3.63, 3.8) is 0 Å². The molecule has 92 valence electrons. The molecule has 4 nitrogen and oxygen atoms in total. The molecule has 0 amide bonds. The van der Waals surface area contributed by atoms with Gasteiger partial charge in [-0.25, -0.2) is 0 Å². The first-order valence-corrected chi connectivity index (χ1v) is 5.79. The van der Waals surface area contributed by atoms with Gasteiger partial charge in [0.1, 0.15) is 6.10 Å². The fraction of sp³-hybridized carbons (Fsp3) is 0.462. The number of carbonyl (C=O) groups excluding carboxylic acids is 1. The van der Waals surface area contributed by atoms with E-state index < -0.39 is 12.1 Å². The van der Waals surface area contributed by atoms with E-state index in [4.69, 9.17) is 4.74 Å². The van der Waals surface area contributed by atoms with Crippen molar-refractivity contribution >= 4 is 5.97 Å². The Kier molecular flexibility index (Phi) is 5.90. The van der Waals surface area contributed by atoms with Crippen LogP contribution in [0.2, 0.25) is 0 Å². The number of benzene rings is 1. The fourth-order valence-electron chi connectivity index (χ4n) is 2.17. The largest absolute Gasteiger partial charge is 1.00 e. The van der Waals surface area contributed by atoms with Crippen LogP contribution in [0.25, 0.3) is 0 Å². The number of aliphatic hydroxyl groups is 1. The Bertz CT molecular complexity index is 402. The fourth-order valence-corrected chi connectivity index (χ4v) is 2.17. The number of rotatable bonds is 3. The van der Waals surface area contributed by atoms with Gasteiger partial charge in [0.25, 0.3) is 0 Å². The smallest absolute Gasteiger partial charge is 0.547 e. The SMILES string of the molecule is O=C([O-])C(O)c1ccccc1C1CCCCO1.[Li+]. The van der Waals surface area contributed by atoms with Gasteiger partial charge in [0.15, 0.2) is 0 Å². The molecule has 0 bridgehead atoms. The van der Waals surface area contributed by atoms with Crippen molar-refractivity contribution in [2.45, 2.75) is 31.5 Å². The van der Waals surface area contributed by atoms with E-state index in [-0.39, 0.29) is 25.0 Å². The molecule has 1 N–H and O–H groups in total. The molecule has 0 spiro atoms. The minimum Gasteiger partial charge on any atom is -0.547 e. The molecule has 1 aromatic rings. The maximum atomic E-state index is 10.7. The zero-order chi connectivity index (χ0) is 12.3. The average Bonchev–Trinajstić information content (AvgIpc) is 2.39. The maximum absolute atomic E-state index is 10.7. The summed E-state index contributed by atoms with van der Waals surface area (Å²) in [6.45, 7) is 0.681. The molecule has 2 rings (SSSR count). The number of aliphatic hydroxyl groups excluding tert-OH is 1. The molecular formula is C13H15LiO4. The van der Waals surface area contributed by atoms with Crippen molar-refractivity contribution in [1.82, 2.24) is 0 Å².